The SMILES string of the molecule is CN(Cc1cc(C(C)(C)C)n[nH]1)C(=O)c1cccc(-c2ccc(=O)n(C)n2)c1. The first kappa shape index (κ1) is 19.5. The first-order chi connectivity index (χ1) is 13.1. The zero-order chi connectivity index (χ0) is 20.5. The van der Waals surface area contributed by atoms with E-state index in [4.69, 9.17) is 0 Å². The van der Waals surface area contributed by atoms with Crippen molar-refractivity contribution < 1.29 is 4.79 Å². The molecule has 1 aromatic carbocycles. The van der Waals surface area contributed by atoms with E-state index in [1.807, 2.05) is 18.2 Å². The number of carbonyl (C=O) groups is 1. The lowest BCUT2D eigenvalue weighted by atomic mass is 9.92. The minimum absolute atomic E-state index is 0.0472. The number of hydrogen-bond donors (Lipinski definition) is 1. The summed E-state index contributed by atoms with van der Waals surface area (Å²) in [5.74, 6) is -0.0985. The number of aryl methyl sites for hydroxylation is 1. The van der Waals surface area contributed by atoms with Crippen LogP contribution >= 0.6 is 0 Å². The van der Waals surface area contributed by atoms with Gasteiger partial charge in [0.15, 0.2) is 0 Å². The third-order valence-corrected chi connectivity index (χ3v) is 4.52. The van der Waals surface area contributed by atoms with E-state index in [0.717, 1.165) is 17.0 Å². The van der Waals surface area contributed by atoms with Crippen molar-refractivity contribution in [1.82, 2.24) is 24.9 Å². The molecule has 0 spiro atoms. The summed E-state index contributed by atoms with van der Waals surface area (Å²) in [4.78, 5) is 26.1. The lowest BCUT2D eigenvalue weighted by molar-refractivity contribution is 0.0783. The molecule has 2 heterocycles. The van der Waals surface area contributed by atoms with Crippen LogP contribution in [0.15, 0.2) is 47.3 Å². The molecule has 0 saturated heterocycles. The van der Waals surface area contributed by atoms with Gasteiger partial charge in [0.25, 0.3) is 11.5 Å². The van der Waals surface area contributed by atoms with E-state index in [2.05, 4.69) is 36.1 Å². The highest BCUT2D eigenvalue weighted by atomic mass is 16.2. The van der Waals surface area contributed by atoms with Crippen LogP contribution in [0.3, 0.4) is 0 Å². The van der Waals surface area contributed by atoms with E-state index in [0.29, 0.717) is 17.8 Å². The van der Waals surface area contributed by atoms with Gasteiger partial charge in [0.1, 0.15) is 0 Å². The van der Waals surface area contributed by atoms with Crippen molar-refractivity contribution in [3.63, 3.8) is 0 Å². The molecule has 0 aliphatic rings. The second-order valence-corrected chi connectivity index (χ2v) is 7.95. The maximum absolute atomic E-state index is 12.9. The van der Waals surface area contributed by atoms with E-state index in [1.54, 1.807) is 37.2 Å². The van der Waals surface area contributed by atoms with Gasteiger partial charge in [0, 0.05) is 36.7 Å². The maximum Gasteiger partial charge on any atom is 0.266 e. The van der Waals surface area contributed by atoms with E-state index in [9.17, 15) is 9.59 Å². The van der Waals surface area contributed by atoms with Gasteiger partial charge >= 0.3 is 0 Å². The van der Waals surface area contributed by atoms with Crippen molar-refractivity contribution in [3.8, 4) is 11.3 Å². The molecule has 28 heavy (non-hydrogen) atoms. The number of carbonyl (C=O) groups excluding carboxylic acids is 1. The van der Waals surface area contributed by atoms with Crippen LogP contribution in [0.25, 0.3) is 11.3 Å². The predicted molar refractivity (Wildman–Crippen MR) is 108 cm³/mol. The minimum atomic E-state index is -0.176. The number of H-pyrrole nitrogens is 1. The first-order valence-corrected chi connectivity index (χ1v) is 9.10. The average Bonchev–Trinajstić information content (AvgIpc) is 3.12. The number of rotatable bonds is 4. The Morgan fingerprint density at radius 3 is 2.57 bits per heavy atom. The number of hydrogen-bond acceptors (Lipinski definition) is 4. The molecular weight excluding hydrogens is 354 g/mol. The highest BCUT2D eigenvalue weighted by Crippen LogP contribution is 2.21. The molecule has 3 rings (SSSR count). The number of aromatic nitrogens is 4. The predicted octanol–water partition coefficient (Wildman–Crippen LogP) is 2.74. The van der Waals surface area contributed by atoms with E-state index >= 15 is 0 Å². The number of aromatic amines is 1. The Morgan fingerprint density at radius 2 is 1.93 bits per heavy atom. The van der Waals surface area contributed by atoms with Crippen molar-refractivity contribution in [2.75, 3.05) is 7.05 Å². The van der Waals surface area contributed by atoms with Crippen molar-refractivity contribution in [2.45, 2.75) is 32.7 Å². The zero-order valence-electron chi connectivity index (χ0n) is 16.9. The van der Waals surface area contributed by atoms with E-state index < -0.39 is 0 Å². The van der Waals surface area contributed by atoms with Gasteiger partial charge in [-0.15, -0.1) is 0 Å². The molecule has 1 N–H and O–H groups in total. The van der Waals surface area contributed by atoms with Crippen molar-refractivity contribution in [1.29, 1.82) is 0 Å². The molecule has 7 heteroatoms. The summed E-state index contributed by atoms with van der Waals surface area (Å²) in [5.41, 5.74) is 3.61. The summed E-state index contributed by atoms with van der Waals surface area (Å²) in [6.45, 7) is 6.73. The summed E-state index contributed by atoms with van der Waals surface area (Å²) in [7, 11) is 3.36. The fourth-order valence-electron chi connectivity index (χ4n) is 2.84. The highest BCUT2D eigenvalue weighted by molar-refractivity contribution is 5.95. The highest BCUT2D eigenvalue weighted by Gasteiger charge is 2.19. The van der Waals surface area contributed by atoms with E-state index in [-0.39, 0.29) is 16.9 Å². The Labute approximate surface area is 164 Å². The van der Waals surface area contributed by atoms with Crippen LogP contribution in [-0.2, 0) is 19.0 Å². The molecule has 0 unspecified atom stereocenters. The largest absolute Gasteiger partial charge is 0.336 e. The lowest BCUT2D eigenvalue weighted by Crippen LogP contribution is -2.26. The van der Waals surface area contributed by atoms with Crippen LogP contribution in [0.2, 0.25) is 0 Å². The third-order valence-electron chi connectivity index (χ3n) is 4.52. The Kier molecular flexibility index (Phi) is 5.18. The number of benzene rings is 1. The van der Waals surface area contributed by atoms with Gasteiger partial charge in [-0.1, -0.05) is 32.9 Å². The molecule has 0 fully saturated rings. The fourth-order valence-corrected chi connectivity index (χ4v) is 2.84. The number of nitrogens with one attached hydrogen (secondary N) is 1. The maximum atomic E-state index is 12.9. The topological polar surface area (TPSA) is 83.9 Å². The second-order valence-electron chi connectivity index (χ2n) is 7.95. The van der Waals surface area contributed by atoms with Gasteiger partial charge in [-0.25, -0.2) is 4.68 Å². The molecule has 0 saturated carbocycles. The Balaban J connectivity index is 1.79. The van der Waals surface area contributed by atoms with Crippen LogP contribution in [0.1, 0.15) is 42.5 Å². The molecule has 7 nitrogen and oxygen atoms in total. The lowest BCUT2D eigenvalue weighted by Gasteiger charge is -2.17. The summed E-state index contributed by atoms with van der Waals surface area (Å²) in [6.07, 6.45) is 0. The molecule has 2 aromatic heterocycles. The molecule has 0 atom stereocenters. The van der Waals surface area contributed by atoms with E-state index in [1.165, 1.54) is 10.7 Å². The van der Waals surface area contributed by atoms with Crippen LogP contribution in [0.5, 0.6) is 0 Å². The fraction of sp³-hybridized carbons (Fsp3) is 0.333. The van der Waals surface area contributed by atoms with Crippen LogP contribution in [-0.4, -0.2) is 37.8 Å². The quantitative estimate of drug-likeness (QED) is 0.755. The summed E-state index contributed by atoms with van der Waals surface area (Å²) in [6, 6.07) is 12.4. The molecule has 146 valence electrons. The van der Waals surface area contributed by atoms with Gasteiger partial charge in [0.05, 0.1) is 23.6 Å². The standard InChI is InChI=1S/C21H25N5O2/c1-21(2,3)18-12-16(22-23-18)13-25(4)20(28)15-8-6-7-14(11-15)17-9-10-19(27)26(5)24-17/h6-12H,13H2,1-5H3,(H,22,23). The minimum Gasteiger partial charge on any atom is -0.336 e. The summed E-state index contributed by atoms with van der Waals surface area (Å²) in [5, 5.41) is 11.6. The molecule has 0 radical (unpaired) electrons. The van der Waals surface area contributed by atoms with Gasteiger partial charge in [0.2, 0.25) is 0 Å². The van der Waals surface area contributed by atoms with Crippen molar-refractivity contribution in [3.05, 3.63) is 69.8 Å². The normalized spacial score (nSPS) is 11.5. The van der Waals surface area contributed by atoms with Gasteiger partial charge in [-0.2, -0.15) is 10.2 Å². The van der Waals surface area contributed by atoms with Crippen LogP contribution < -0.4 is 5.56 Å². The molecular formula is C21H25N5O2. The van der Waals surface area contributed by atoms with Crippen molar-refractivity contribution >= 4 is 5.91 Å². The number of nitrogens with zero attached hydrogens (tertiary/aromatic N) is 4. The molecule has 3 aromatic rings. The van der Waals surface area contributed by atoms with Gasteiger partial charge < -0.3 is 4.90 Å². The summed E-state index contributed by atoms with van der Waals surface area (Å²) >= 11 is 0. The Hall–Kier alpha value is -3.22. The molecule has 0 aliphatic carbocycles. The van der Waals surface area contributed by atoms with Crippen LogP contribution in [0, 0.1) is 0 Å². The number of amides is 1. The van der Waals surface area contributed by atoms with Gasteiger partial charge in [-0.3, -0.25) is 14.7 Å². The smallest absolute Gasteiger partial charge is 0.266 e. The summed E-state index contributed by atoms with van der Waals surface area (Å²) < 4.78 is 1.28. The second kappa shape index (κ2) is 7.42. The Bertz CT molecular complexity index is 1060. The molecule has 0 bridgehead atoms. The molecule has 1 amide bonds. The zero-order valence-corrected chi connectivity index (χ0v) is 16.9. The molecule has 0 aliphatic heterocycles. The Morgan fingerprint density at radius 1 is 1.18 bits per heavy atom. The average molecular weight is 379 g/mol. The van der Waals surface area contributed by atoms with Crippen molar-refractivity contribution in [2.24, 2.45) is 7.05 Å². The van der Waals surface area contributed by atoms with Crippen LogP contribution in [0.4, 0.5) is 0 Å². The van der Waals surface area contributed by atoms with Gasteiger partial charge in [-0.05, 0) is 24.3 Å². The third kappa shape index (κ3) is 4.19. The monoisotopic (exact) mass is 379 g/mol. The first-order valence-electron chi connectivity index (χ1n) is 9.10.